The quantitative estimate of drug-likeness (QED) is 0.629. The van der Waals surface area contributed by atoms with Gasteiger partial charge in [0, 0.05) is 4.88 Å². The molecule has 1 atom stereocenters. The summed E-state index contributed by atoms with van der Waals surface area (Å²) in [7, 11) is 0. The third-order valence-corrected chi connectivity index (χ3v) is 5.35. The maximum absolute atomic E-state index is 5.76. The second-order valence-corrected chi connectivity index (χ2v) is 7.10. The lowest BCUT2D eigenvalue weighted by atomic mass is 10.0. The van der Waals surface area contributed by atoms with Crippen LogP contribution in [0.3, 0.4) is 0 Å². The molecule has 0 saturated carbocycles. The molecule has 0 amide bonds. The Kier molecular flexibility index (Phi) is 5.16. The molecule has 1 unspecified atom stereocenters. The van der Waals surface area contributed by atoms with Crippen LogP contribution in [0.1, 0.15) is 41.0 Å². The largest absolute Gasteiger partial charge is 0.271 e. The summed E-state index contributed by atoms with van der Waals surface area (Å²) < 4.78 is 1.17. The molecular formula is C15H19BrN2S. The second kappa shape index (κ2) is 6.66. The fourth-order valence-electron chi connectivity index (χ4n) is 2.19. The van der Waals surface area contributed by atoms with Crippen molar-refractivity contribution >= 4 is 27.3 Å². The van der Waals surface area contributed by atoms with Crippen LogP contribution in [0, 0.1) is 6.92 Å². The van der Waals surface area contributed by atoms with E-state index in [9.17, 15) is 0 Å². The van der Waals surface area contributed by atoms with Crippen molar-refractivity contribution in [3.05, 3.63) is 55.7 Å². The predicted molar refractivity (Wildman–Crippen MR) is 86.4 cm³/mol. The minimum Gasteiger partial charge on any atom is -0.271 e. The van der Waals surface area contributed by atoms with E-state index in [1.165, 1.54) is 25.4 Å². The Bertz CT molecular complexity index is 531. The third-order valence-electron chi connectivity index (χ3n) is 3.15. The van der Waals surface area contributed by atoms with Crippen LogP contribution in [-0.4, -0.2) is 0 Å². The van der Waals surface area contributed by atoms with Crippen molar-refractivity contribution in [2.75, 3.05) is 0 Å². The Morgan fingerprint density at radius 2 is 2.16 bits per heavy atom. The van der Waals surface area contributed by atoms with Crippen LogP contribution in [0.15, 0.2) is 34.1 Å². The highest BCUT2D eigenvalue weighted by molar-refractivity contribution is 9.11. The molecule has 0 aliphatic carbocycles. The first kappa shape index (κ1) is 14.7. The fraction of sp³-hybridized carbons (Fsp3) is 0.333. The molecule has 4 heteroatoms. The number of nitrogens with two attached hydrogens (primary N) is 1. The second-order valence-electron chi connectivity index (χ2n) is 4.70. The zero-order chi connectivity index (χ0) is 13.8. The van der Waals surface area contributed by atoms with E-state index in [1.807, 2.05) is 0 Å². The minimum atomic E-state index is 0.0619. The summed E-state index contributed by atoms with van der Waals surface area (Å²) >= 11 is 5.31. The van der Waals surface area contributed by atoms with Crippen molar-refractivity contribution in [1.29, 1.82) is 0 Å². The van der Waals surface area contributed by atoms with E-state index in [2.05, 4.69) is 65.5 Å². The fourth-order valence-corrected chi connectivity index (χ4v) is 3.85. The summed E-state index contributed by atoms with van der Waals surface area (Å²) in [5.74, 6) is 5.76. The third kappa shape index (κ3) is 3.45. The van der Waals surface area contributed by atoms with Crippen LogP contribution in [-0.2, 0) is 6.42 Å². The van der Waals surface area contributed by atoms with Crippen molar-refractivity contribution in [3.63, 3.8) is 0 Å². The Labute approximate surface area is 127 Å². The summed E-state index contributed by atoms with van der Waals surface area (Å²) in [6.45, 7) is 4.30. The van der Waals surface area contributed by atoms with Crippen LogP contribution in [0.25, 0.3) is 0 Å². The van der Waals surface area contributed by atoms with Gasteiger partial charge >= 0.3 is 0 Å². The van der Waals surface area contributed by atoms with E-state index in [1.54, 1.807) is 11.3 Å². The van der Waals surface area contributed by atoms with Gasteiger partial charge in [0.25, 0.3) is 0 Å². The number of halogens is 1. The predicted octanol–water partition coefficient (Wildman–Crippen LogP) is 4.32. The summed E-state index contributed by atoms with van der Waals surface area (Å²) in [5, 5.41) is 0. The van der Waals surface area contributed by atoms with Crippen molar-refractivity contribution in [3.8, 4) is 0 Å². The van der Waals surface area contributed by atoms with E-state index in [0.717, 1.165) is 12.8 Å². The SMILES string of the molecule is CCCc1cccc(C(NN)c2cc(C)c(Br)s2)c1. The van der Waals surface area contributed by atoms with E-state index in [-0.39, 0.29) is 6.04 Å². The Hall–Kier alpha value is -0.680. The number of aryl methyl sites for hydroxylation is 2. The first-order chi connectivity index (χ1) is 9.15. The topological polar surface area (TPSA) is 38.0 Å². The molecule has 1 aromatic heterocycles. The minimum absolute atomic E-state index is 0.0619. The van der Waals surface area contributed by atoms with Crippen molar-refractivity contribution < 1.29 is 0 Å². The maximum atomic E-state index is 5.76. The molecule has 0 aliphatic rings. The van der Waals surface area contributed by atoms with Gasteiger partial charge in [0.15, 0.2) is 0 Å². The Morgan fingerprint density at radius 3 is 2.74 bits per heavy atom. The standard InChI is InChI=1S/C15H19BrN2S/c1-3-5-11-6-4-7-12(9-11)14(18-17)13-8-10(2)15(16)19-13/h4,6-9,14,18H,3,5,17H2,1-2H3. The Balaban J connectivity index is 2.33. The van der Waals surface area contributed by atoms with Gasteiger partial charge < -0.3 is 0 Å². The summed E-state index contributed by atoms with van der Waals surface area (Å²) in [6.07, 6.45) is 2.27. The van der Waals surface area contributed by atoms with Crippen LogP contribution in [0.2, 0.25) is 0 Å². The normalized spacial score (nSPS) is 12.6. The molecule has 2 nitrogen and oxygen atoms in total. The average Bonchev–Trinajstić information content (AvgIpc) is 2.71. The number of hydrogen-bond acceptors (Lipinski definition) is 3. The van der Waals surface area contributed by atoms with Gasteiger partial charge in [0.2, 0.25) is 0 Å². The van der Waals surface area contributed by atoms with Gasteiger partial charge in [-0.3, -0.25) is 5.84 Å². The lowest BCUT2D eigenvalue weighted by molar-refractivity contribution is 0.645. The average molecular weight is 339 g/mol. The Morgan fingerprint density at radius 1 is 1.37 bits per heavy atom. The summed E-state index contributed by atoms with van der Waals surface area (Å²) in [5.41, 5.74) is 6.78. The molecule has 1 aromatic carbocycles. The monoisotopic (exact) mass is 338 g/mol. The molecule has 102 valence electrons. The number of thiophene rings is 1. The molecule has 0 fully saturated rings. The van der Waals surface area contributed by atoms with Gasteiger partial charge in [-0.25, -0.2) is 5.43 Å². The highest BCUT2D eigenvalue weighted by atomic mass is 79.9. The molecule has 2 rings (SSSR count). The molecule has 3 N–H and O–H groups in total. The van der Waals surface area contributed by atoms with Crippen LogP contribution in [0.4, 0.5) is 0 Å². The molecule has 2 aromatic rings. The molecule has 0 radical (unpaired) electrons. The zero-order valence-corrected chi connectivity index (χ0v) is 13.6. The van der Waals surface area contributed by atoms with E-state index >= 15 is 0 Å². The number of hydrazine groups is 1. The number of rotatable bonds is 5. The number of hydrogen-bond donors (Lipinski definition) is 2. The molecule has 1 heterocycles. The van der Waals surface area contributed by atoms with Crippen molar-refractivity contribution in [2.45, 2.75) is 32.7 Å². The van der Waals surface area contributed by atoms with Crippen LogP contribution >= 0.6 is 27.3 Å². The molecule has 0 aliphatic heterocycles. The summed E-state index contributed by atoms with van der Waals surface area (Å²) in [6, 6.07) is 10.9. The first-order valence-electron chi connectivity index (χ1n) is 6.46. The van der Waals surface area contributed by atoms with Gasteiger partial charge in [0.1, 0.15) is 0 Å². The number of benzene rings is 1. The van der Waals surface area contributed by atoms with Gasteiger partial charge in [-0.2, -0.15) is 0 Å². The molecule has 0 bridgehead atoms. The molecule has 0 spiro atoms. The highest BCUT2D eigenvalue weighted by Gasteiger charge is 2.16. The lowest BCUT2D eigenvalue weighted by Gasteiger charge is -2.15. The molecule has 19 heavy (non-hydrogen) atoms. The highest BCUT2D eigenvalue weighted by Crippen LogP contribution is 2.34. The maximum Gasteiger partial charge on any atom is 0.0803 e. The smallest absolute Gasteiger partial charge is 0.0803 e. The van der Waals surface area contributed by atoms with Crippen molar-refractivity contribution in [2.24, 2.45) is 5.84 Å². The van der Waals surface area contributed by atoms with Crippen LogP contribution < -0.4 is 11.3 Å². The molecule has 0 saturated heterocycles. The van der Waals surface area contributed by atoms with E-state index < -0.39 is 0 Å². The first-order valence-corrected chi connectivity index (χ1v) is 8.07. The van der Waals surface area contributed by atoms with Gasteiger partial charge in [-0.1, -0.05) is 37.6 Å². The molecular weight excluding hydrogens is 320 g/mol. The van der Waals surface area contributed by atoms with Gasteiger partial charge in [-0.15, -0.1) is 11.3 Å². The van der Waals surface area contributed by atoms with E-state index in [0.29, 0.717) is 0 Å². The van der Waals surface area contributed by atoms with Crippen molar-refractivity contribution in [1.82, 2.24) is 5.43 Å². The zero-order valence-electron chi connectivity index (χ0n) is 11.2. The number of nitrogens with one attached hydrogen (secondary N) is 1. The lowest BCUT2D eigenvalue weighted by Crippen LogP contribution is -2.28. The van der Waals surface area contributed by atoms with Crippen LogP contribution in [0.5, 0.6) is 0 Å². The van der Waals surface area contributed by atoms with Gasteiger partial charge in [-0.05, 0) is 52.0 Å². The summed E-state index contributed by atoms with van der Waals surface area (Å²) in [4.78, 5) is 1.24. The van der Waals surface area contributed by atoms with Gasteiger partial charge in [0.05, 0.1) is 9.83 Å². The van der Waals surface area contributed by atoms with E-state index in [4.69, 9.17) is 5.84 Å².